The van der Waals surface area contributed by atoms with Gasteiger partial charge in [-0.25, -0.2) is 9.97 Å². The normalized spacial score (nSPS) is 20.3. The zero-order valence-corrected chi connectivity index (χ0v) is 15.7. The molecule has 1 saturated heterocycles. The molecule has 2 aromatic heterocycles. The second-order valence-electron chi connectivity index (χ2n) is 7.13. The lowest BCUT2D eigenvalue weighted by atomic mass is 10.0. The average Bonchev–Trinajstić information content (AvgIpc) is 3.07. The Hall–Kier alpha value is -2.32. The maximum atomic E-state index is 12.4. The molecule has 8 heteroatoms. The molecule has 0 spiro atoms. The minimum atomic E-state index is -0.134. The predicted octanol–water partition coefficient (Wildman–Crippen LogP) is 1.16. The molecule has 2 aliphatic rings. The van der Waals surface area contributed by atoms with Gasteiger partial charge in [0, 0.05) is 49.6 Å². The van der Waals surface area contributed by atoms with Crippen molar-refractivity contribution in [3.05, 3.63) is 41.2 Å². The van der Waals surface area contributed by atoms with E-state index in [9.17, 15) is 4.79 Å². The number of aromatic nitrogens is 4. The van der Waals surface area contributed by atoms with Crippen LogP contribution in [0.5, 0.6) is 0 Å². The number of hydrogen-bond donors (Lipinski definition) is 1. The Morgan fingerprint density at radius 1 is 1.44 bits per heavy atom. The van der Waals surface area contributed by atoms with Gasteiger partial charge in [-0.2, -0.15) is 5.10 Å². The Kier molecular flexibility index (Phi) is 5.45. The first-order chi connectivity index (χ1) is 13.2. The van der Waals surface area contributed by atoms with Gasteiger partial charge in [0.25, 0.3) is 5.91 Å². The molecule has 27 heavy (non-hydrogen) atoms. The Labute approximate surface area is 158 Å². The number of carbonyl (C=O) groups excluding carboxylic acids is 1. The van der Waals surface area contributed by atoms with E-state index in [1.165, 1.54) is 17.6 Å². The quantitative estimate of drug-likeness (QED) is 0.850. The van der Waals surface area contributed by atoms with E-state index >= 15 is 0 Å². The molecule has 0 aromatic carbocycles. The molecule has 4 heterocycles. The van der Waals surface area contributed by atoms with E-state index in [4.69, 9.17) is 9.84 Å². The maximum absolute atomic E-state index is 12.4. The van der Waals surface area contributed by atoms with Crippen LogP contribution in [0.2, 0.25) is 0 Å². The van der Waals surface area contributed by atoms with Crippen molar-refractivity contribution in [1.82, 2.24) is 30.0 Å². The number of fused-ring (bicyclic) bond motifs is 1. The fraction of sp³-hybridized carbons (Fsp3) is 0.579. The summed E-state index contributed by atoms with van der Waals surface area (Å²) in [6.45, 7) is 7.11. The van der Waals surface area contributed by atoms with Gasteiger partial charge in [0.2, 0.25) is 0 Å². The number of piperidine rings is 1. The van der Waals surface area contributed by atoms with Crippen LogP contribution in [0.25, 0.3) is 0 Å². The highest BCUT2D eigenvalue weighted by Crippen LogP contribution is 2.23. The number of hydrogen-bond acceptors (Lipinski definition) is 6. The minimum absolute atomic E-state index is 0.126. The molecule has 0 saturated carbocycles. The van der Waals surface area contributed by atoms with E-state index in [1.54, 1.807) is 12.3 Å². The summed E-state index contributed by atoms with van der Waals surface area (Å²) in [5, 5.41) is 7.94. The second kappa shape index (κ2) is 8.14. The highest BCUT2D eigenvalue weighted by molar-refractivity contribution is 5.92. The number of amides is 1. The van der Waals surface area contributed by atoms with Crippen molar-refractivity contribution in [3.63, 3.8) is 0 Å². The largest absolute Gasteiger partial charge is 0.376 e. The van der Waals surface area contributed by atoms with Gasteiger partial charge in [-0.05, 0) is 32.4 Å². The molecule has 1 fully saturated rings. The van der Waals surface area contributed by atoms with Crippen LogP contribution in [0, 0.1) is 0 Å². The first-order valence-corrected chi connectivity index (χ1v) is 9.69. The van der Waals surface area contributed by atoms with Crippen LogP contribution in [-0.2, 0) is 30.9 Å². The highest BCUT2D eigenvalue weighted by atomic mass is 16.5. The van der Waals surface area contributed by atoms with E-state index in [2.05, 4.69) is 31.8 Å². The fourth-order valence-electron chi connectivity index (χ4n) is 3.98. The van der Waals surface area contributed by atoms with E-state index in [0.717, 1.165) is 57.7 Å². The second-order valence-corrected chi connectivity index (χ2v) is 7.13. The number of rotatable bonds is 5. The van der Waals surface area contributed by atoms with Gasteiger partial charge in [0.05, 0.1) is 18.9 Å². The van der Waals surface area contributed by atoms with Crippen LogP contribution in [0.4, 0.5) is 0 Å². The lowest BCUT2D eigenvalue weighted by molar-refractivity contribution is 0.0893. The topological polar surface area (TPSA) is 85.2 Å². The Morgan fingerprint density at radius 3 is 3.19 bits per heavy atom. The molecule has 2 aromatic rings. The van der Waals surface area contributed by atoms with Crippen molar-refractivity contribution >= 4 is 5.91 Å². The number of nitrogens with one attached hydrogen (secondary N) is 1. The summed E-state index contributed by atoms with van der Waals surface area (Å²) >= 11 is 0. The summed E-state index contributed by atoms with van der Waals surface area (Å²) in [5.74, 6) is -0.134. The van der Waals surface area contributed by atoms with Gasteiger partial charge in [0.1, 0.15) is 12.0 Å². The van der Waals surface area contributed by atoms with Crippen molar-refractivity contribution in [2.45, 2.75) is 51.9 Å². The molecule has 0 aliphatic carbocycles. The third-order valence-electron chi connectivity index (χ3n) is 5.31. The molecule has 144 valence electrons. The van der Waals surface area contributed by atoms with Gasteiger partial charge < -0.3 is 10.1 Å². The Morgan fingerprint density at radius 2 is 2.37 bits per heavy atom. The monoisotopic (exact) mass is 370 g/mol. The molecule has 1 N–H and O–H groups in total. The summed E-state index contributed by atoms with van der Waals surface area (Å²) in [5.41, 5.74) is 4.11. The van der Waals surface area contributed by atoms with Crippen LogP contribution in [0.15, 0.2) is 18.6 Å². The predicted molar refractivity (Wildman–Crippen MR) is 99.1 cm³/mol. The third-order valence-corrected chi connectivity index (χ3v) is 5.31. The molecule has 2 aliphatic heterocycles. The van der Waals surface area contributed by atoms with Gasteiger partial charge in [-0.3, -0.25) is 14.4 Å². The number of ether oxygens (including phenoxy) is 1. The summed E-state index contributed by atoms with van der Waals surface area (Å²) in [6.07, 6.45) is 5.97. The zero-order valence-electron chi connectivity index (χ0n) is 15.7. The molecule has 0 bridgehead atoms. The third kappa shape index (κ3) is 4.01. The van der Waals surface area contributed by atoms with Crippen LogP contribution in [0.3, 0.4) is 0 Å². The summed E-state index contributed by atoms with van der Waals surface area (Å²) < 4.78 is 7.78. The molecular formula is C19H26N6O2. The molecule has 0 radical (unpaired) electrons. The summed E-state index contributed by atoms with van der Waals surface area (Å²) in [4.78, 5) is 22.6. The number of aryl methyl sites for hydroxylation is 1. The molecule has 8 nitrogen and oxygen atoms in total. The molecular weight excluding hydrogens is 344 g/mol. The number of carbonyl (C=O) groups is 1. The Balaban J connectivity index is 1.40. The van der Waals surface area contributed by atoms with Gasteiger partial charge in [-0.1, -0.05) is 0 Å². The van der Waals surface area contributed by atoms with E-state index in [-0.39, 0.29) is 11.9 Å². The van der Waals surface area contributed by atoms with Crippen LogP contribution in [-0.4, -0.2) is 56.3 Å². The van der Waals surface area contributed by atoms with Gasteiger partial charge in [-0.15, -0.1) is 0 Å². The standard InChI is InChI=1S/C19H26N6O2/c1-2-25-18-6-9-27-12-15(18)17(23-25)11-24-8-3-4-14(10-24)22-19(26)16-5-7-20-13-21-16/h5,7,13-14H,2-4,6,8-12H2,1H3,(H,22,26). The lowest BCUT2D eigenvalue weighted by Crippen LogP contribution is -2.47. The van der Waals surface area contributed by atoms with Crippen LogP contribution in [0.1, 0.15) is 47.2 Å². The average molecular weight is 370 g/mol. The minimum Gasteiger partial charge on any atom is -0.376 e. The van der Waals surface area contributed by atoms with Gasteiger partial charge in [0.15, 0.2) is 0 Å². The molecule has 1 atom stereocenters. The Bertz CT molecular complexity index is 791. The summed E-state index contributed by atoms with van der Waals surface area (Å²) in [7, 11) is 0. The van der Waals surface area contributed by atoms with Crippen molar-refractivity contribution in [2.24, 2.45) is 0 Å². The van der Waals surface area contributed by atoms with E-state index in [1.807, 2.05) is 0 Å². The van der Waals surface area contributed by atoms with Gasteiger partial charge >= 0.3 is 0 Å². The maximum Gasteiger partial charge on any atom is 0.270 e. The first kappa shape index (κ1) is 18.1. The van der Waals surface area contributed by atoms with Crippen LogP contribution < -0.4 is 5.32 Å². The van der Waals surface area contributed by atoms with Crippen molar-refractivity contribution in [2.75, 3.05) is 19.7 Å². The summed E-state index contributed by atoms with van der Waals surface area (Å²) in [6, 6.07) is 1.76. The molecule has 1 unspecified atom stereocenters. The SMILES string of the molecule is CCn1nc(CN2CCCC(NC(=O)c3ccncn3)C2)c2c1CCOC2. The molecule has 1 amide bonds. The number of likely N-dealkylation sites (tertiary alicyclic amines) is 1. The van der Waals surface area contributed by atoms with Crippen molar-refractivity contribution in [3.8, 4) is 0 Å². The smallest absolute Gasteiger partial charge is 0.270 e. The van der Waals surface area contributed by atoms with Crippen LogP contribution >= 0.6 is 0 Å². The molecule has 4 rings (SSSR count). The van der Waals surface area contributed by atoms with E-state index < -0.39 is 0 Å². The first-order valence-electron chi connectivity index (χ1n) is 9.69. The lowest BCUT2D eigenvalue weighted by Gasteiger charge is -2.32. The van der Waals surface area contributed by atoms with E-state index in [0.29, 0.717) is 12.3 Å². The fourth-order valence-corrected chi connectivity index (χ4v) is 3.98. The number of nitrogens with zero attached hydrogens (tertiary/aromatic N) is 5. The zero-order chi connectivity index (χ0) is 18.6. The van der Waals surface area contributed by atoms with Crippen molar-refractivity contribution < 1.29 is 9.53 Å². The van der Waals surface area contributed by atoms with Crippen molar-refractivity contribution in [1.29, 1.82) is 0 Å². The highest BCUT2D eigenvalue weighted by Gasteiger charge is 2.26.